The predicted octanol–water partition coefficient (Wildman–Crippen LogP) is 5.92. The maximum atomic E-state index is 12.7. The van der Waals surface area contributed by atoms with Gasteiger partial charge in [0.15, 0.2) is 5.82 Å². The first-order chi connectivity index (χ1) is 15.4. The van der Waals surface area contributed by atoms with Crippen LogP contribution in [-0.4, -0.2) is 34.4 Å². The second-order valence-corrected chi connectivity index (χ2v) is 8.34. The average molecular weight is 479 g/mol. The van der Waals surface area contributed by atoms with Gasteiger partial charge >= 0.3 is 6.18 Å². The van der Waals surface area contributed by atoms with E-state index in [1.807, 2.05) is 17.5 Å². The van der Waals surface area contributed by atoms with Gasteiger partial charge in [-0.15, -0.1) is 16.4 Å². The fourth-order valence-corrected chi connectivity index (χ4v) is 4.49. The van der Waals surface area contributed by atoms with Gasteiger partial charge in [-0.25, -0.2) is 9.97 Å². The van der Waals surface area contributed by atoms with Gasteiger partial charge < -0.3 is 9.47 Å². The molecular formula is C21H17F3N4O2S2. The van der Waals surface area contributed by atoms with Crippen molar-refractivity contribution in [3.8, 4) is 33.5 Å². The zero-order chi connectivity index (χ0) is 22.7. The fraction of sp³-hybridized carbons (Fsp3) is 0.190. The third-order valence-corrected chi connectivity index (χ3v) is 6.31. The number of alkyl halides is 3. The molecule has 0 aliphatic heterocycles. The van der Waals surface area contributed by atoms with E-state index < -0.39 is 11.7 Å². The molecule has 2 aromatic carbocycles. The molecule has 0 radical (unpaired) electrons. The van der Waals surface area contributed by atoms with E-state index in [9.17, 15) is 13.2 Å². The predicted molar refractivity (Wildman–Crippen MR) is 117 cm³/mol. The Labute approximate surface area is 189 Å². The lowest BCUT2D eigenvalue weighted by molar-refractivity contribution is -0.137. The number of halogens is 3. The van der Waals surface area contributed by atoms with Crippen LogP contribution in [0.3, 0.4) is 0 Å². The van der Waals surface area contributed by atoms with Gasteiger partial charge in [0.05, 0.1) is 31.0 Å². The molecule has 0 aliphatic rings. The van der Waals surface area contributed by atoms with E-state index in [0.717, 1.165) is 23.4 Å². The molecule has 0 unspecified atom stereocenters. The van der Waals surface area contributed by atoms with Crippen LogP contribution >= 0.6 is 23.1 Å². The highest BCUT2D eigenvalue weighted by Crippen LogP contribution is 2.34. The quantitative estimate of drug-likeness (QED) is 0.332. The molecule has 2 aromatic heterocycles. The molecule has 32 heavy (non-hydrogen) atoms. The molecule has 4 rings (SSSR count). The second kappa shape index (κ2) is 9.21. The Morgan fingerprint density at radius 1 is 1.03 bits per heavy atom. The normalized spacial score (nSPS) is 11.5. The fourth-order valence-electron chi connectivity index (χ4n) is 2.87. The molecule has 0 atom stereocenters. The maximum Gasteiger partial charge on any atom is 0.416 e. The summed E-state index contributed by atoms with van der Waals surface area (Å²) in [4.78, 5) is 9.02. The summed E-state index contributed by atoms with van der Waals surface area (Å²) in [6.45, 7) is 0. The van der Waals surface area contributed by atoms with E-state index in [1.165, 1.54) is 35.2 Å². The van der Waals surface area contributed by atoms with Crippen LogP contribution in [-0.2, 0) is 11.9 Å². The van der Waals surface area contributed by atoms with Crippen molar-refractivity contribution in [2.45, 2.75) is 17.1 Å². The monoisotopic (exact) mass is 478 g/mol. The first-order valence-corrected chi connectivity index (χ1v) is 11.1. The molecule has 166 valence electrons. The lowest BCUT2D eigenvalue weighted by atomic mass is 10.1. The van der Waals surface area contributed by atoms with E-state index in [4.69, 9.17) is 9.47 Å². The number of methoxy groups -OCH3 is 2. The van der Waals surface area contributed by atoms with Gasteiger partial charge in [-0.3, -0.25) is 5.10 Å². The Hall–Kier alpha value is -3.05. The van der Waals surface area contributed by atoms with Gasteiger partial charge in [-0.1, -0.05) is 23.9 Å². The van der Waals surface area contributed by atoms with Crippen molar-refractivity contribution >= 4 is 23.1 Å². The molecule has 0 saturated carbocycles. The van der Waals surface area contributed by atoms with Crippen molar-refractivity contribution in [2.75, 3.05) is 14.2 Å². The molecule has 0 amide bonds. The highest BCUT2D eigenvalue weighted by atomic mass is 32.2. The zero-order valence-electron chi connectivity index (χ0n) is 16.9. The van der Waals surface area contributed by atoms with E-state index in [0.29, 0.717) is 38.8 Å². The van der Waals surface area contributed by atoms with Crippen LogP contribution in [0.5, 0.6) is 11.5 Å². The summed E-state index contributed by atoms with van der Waals surface area (Å²) in [6.07, 6.45) is -4.35. The number of hydrogen-bond acceptors (Lipinski definition) is 7. The Morgan fingerprint density at radius 3 is 2.50 bits per heavy atom. The number of hydrogen-bond donors (Lipinski definition) is 1. The molecule has 0 spiro atoms. The second-order valence-electron chi connectivity index (χ2n) is 6.54. The number of thiazole rings is 1. The summed E-state index contributed by atoms with van der Waals surface area (Å²) < 4.78 is 48.8. The lowest BCUT2D eigenvalue weighted by Gasteiger charge is -2.07. The van der Waals surface area contributed by atoms with Crippen LogP contribution in [0.15, 0.2) is 53.0 Å². The molecule has 0 fully saturated rings. The Kier molecular flexibility index (Phi) is 6.38. The van der Waals surface area contributed by atoms with E-state index in [1.54, 1.807) is 20.3 Å². The maximum absolute atomic E-state index is 12.7. The third kappa shape index (κ3) is 4.89. The van der Waals surface area contributed by atoms with Crippen LogP contribution < -0.4 is 9.47 Å². The summed E-state index contributed by atoms with van der Waals surface area (Å²) in [5, 5.41) is 10.2. The summed E-state index contributed by atoms with van der Waals surface area (Å²) in [6, 6.07) is 10.4. The highest BCUT2D eigenvalue weighted by molar-refractivity contribution is 7.98. The van der Waals surface area contributed by atoms with E-state index in [2.05, 4.69) is 20.2 Å². The number of benzene rings is 2. The van der Waals surface area contributed by atoms with Gasteiger partial charge in [-0.05, 0) is 24.3 Å². The SMILES string of the molecule is COc1ccc(-c2nc(SCc3csc(-c4ccc(C(F)(F)F)cc4)n3)n[nH]2)c(OC)c1. The lowest BCUT2D eigenvalue weighted by Crippen LogP contribution is -2.03. The number of nitrogens with zero attached hydrogens (tertiary/aromatic N) is 3. The molecule has 11 heteroatoms. The number of ether oxygens (including phenoxy) is 2. The molecule has 1 N–H and O–H groups in total. The Bertz CT molecular complexity index is 1210. The van der Waals surface area contributed by atoms with Crippen LogP contribution in [0.2, 0.25) is 0 Å². The zero-order valence-corrected chi connectivity index (χ0v) is 18.6. The van der Waals surface area contributed by atoms with Gasteiger partial charge in [-0.2, -0.15) is 13.2 Å². The summed E-state index contributed by atoms with van der Waals surface area (Å²) in [5.41, 5.74) is 1.52. The Morgan fingerprint density at radius 2 is 1.81 bits per heavy atom. The summed E-state index contributed by atoms with van der Waals surface area (Å²) in [5.74, 6) is 2.37. The number of nitrogens with one attached hydrogen (secondary N) is 1. The minimum absolute atomic E-state index is 0.522. The molecule has 2 heterocycles. The number of thioether (sulfide) groups is 1. The number of H-pyrrole nitrogens is 1. The van der Waals surface area contributed by atoms with Gasteiger partial charge in [0.1, 0.15) is 16.5 Å². The first kappa shape index (κ1) is 22.2. The van der Waals surface area contributed by atoms with E-state index >= 15 is 0 Å². The Balaban J connectivity index is 1.43. The third-order valence-electron chi connectivity index (χ3n) is 4.49. The number of rotatable bonds is 7. The van der Waals surface area contributed by atoms with E-state index in [-0.39, 0.29) is 0 Å². The topological polar surface area (TPSA) is 72.9 Å². The smallest absolute Gasteiger partial charge is 0.416 e. The number of aromatic amines is 1. The molecule has 6 nitrogen and oxygen atoms in total. The largest absolute Gasteiger partial charge is 0.497 e. The standard InChI is InChI=1S/C21H17F3N4O2S2/c1-29-15-7-8-16(17(9-15)30-2)18-26-20(28-27-18)32-11-14-10-31-19(25-14)12-3-5-13(6-4-12)21(22,23)24/h3-10H,11H2,1-2H3,(H,26,27,28). The summed E-state index contributed by atoms with van der Waals surface area (Å²) in [7, 11) is 3.15. The molecule has 4 aromatic rings. The highest BCUT2D eigenvalue weighted by Gasteiger charge is 2.30. The molecule has 0 bridgehead atoms. The molecule has 0 aliphatic carbocycles. The molecular weight excluding hydrogens is 461 g/mol. The van der Waals surface area contributed by atoms with Crippen molar-refractivity contribution < 1.29 is 22.6 Å². The molecule has 0 saturated heterocycles. The van der Waals surface area contributed by atoms with Crippen molar-refractivity contribution in [3.05, 3.63) is 59.1 Å². The van der Waals surface area contributed by atoms with Crippen LogP contribution in [0.4, 0.5) is 13.2 Å². The van der Waals surface area contributed by atoms with Crippen LogP contribution in [0, 0.1) is 0 Å². The van der Waals surface area contributed by atoms with Crippen LogP contribution in [0.1, 0.15) is 11.3 Å². The van der Waals surface area contributed by atoms with Crippen molar-refractivity contribution in [1.29, 1.82) is 0 Å². The minimum atomic E-state index is -4.35. The van der Waals surface area contributed by atoms with Crippen LogP contribution in [0.25, 0.3) is 22.0 Å². The van der Waals surface area contributed by atoms with Crippen molar-refractivity contribution in [3.63, 3.8) is 0 Å². The van der Waals surface area contributed by atoms with Crippen molar-refractivity contribution in [1.82, 2.24) is 20.2 Å². The average Bonchev–Trinajstić information content (AvgIpc) is 3.46. The first-order valence-electron chi connectivity index (χ1n) is 9.27. The van der Waals surface area contributed by atoms with Gasteiger partial charge in [0.2, 0.25) is 5.16 Å². The number of aromatic nitrogens is 4. The van der Waals surface area contributed by atoms with Gasteiger partial charge in [0, 0.05) is 22.8 Å². The van der Waals surface area contributed by atoms with Gasteiger partial charge in [0.25, 0.3) is 0 Å². The van der Waals surface area contributed by atoms with Crippen molar-refractivity contribution in [2.24, 2.45) is 0 Å². The summed E-state index contributed by atoms with van der Waals surface area (Å²) >= 11 is 2.78. The minimum Gasteiger partial charge on any atom is -0.497 e.